The Balaban J connectivity index is 1.59. The number of pyridine rings is 1. The molecule has 0 spiro atoms. The second-order valence-corrected chi connectivity index (χ2v) is 7.07. The van der Waals surface area contributed by atoms with E-state index < -0.39 is 0 Å². The van der Waals surface area contributed by atoms with Crippen molar-refractivity contribution in [1.82, 2.24) is 19.5 Å². The Morgan fingerprint density at radius 1 is 1.04 bits per heavy atom. The van der Waals surface area contributed by atoms with Crippen molar-refractivity contribution in [2.45, 2.75) is 12.5 Å². The topological polar surface area (TPSA) is 33.4 Å². The summed E-state index contributed by atoms with van der Waals surface area (Å²) in [6.07, 6.45) is 6.09. The van der Waals surface area contributed by atoms with Gasteiger partial charge >= 0.3 is 0 Å². The van der Waals surface area contributed by atoms with Crippen molar-refractivity contribution in [3.63, 3.8) is 0 Å². The first-order chi connectivity index (χ1) is 12.8. The van der Waals surface area contributed by atoms with Crippen LogP contribution in [0.3, 0.4) is 0 Å². The molecule has 4 nitrogen and oxygen atoms in total. The van der Waals surface area contributed by atoms with Gasteiger partial charge in [0, 0.05) is 48.7 Å². The van der Waals surface area contributed by atoms with Crippen LogP contribution < -0.4 is 0 Å². The summed E-state index contributed by atoms with van der Waals surface area (Å²) in [5.41, 5.74) is 7.44. The molecule has 26 heavy (non-hydrogen) atoms. The Labute approximate surface area is 152 Å². The Kier molecular flexibility index (Phi) is 3.57. The molecular weight excluding hydrogens is 320 g/mol. The molecular formula is C22H20N4. The Bertz CT molecular complexity index is 1070. The molecule has 1 aliphatic rings. The van der Waals surface area contributed by atoms with Crippen molar-refractivity contribution >= 4 is 5.52 Å². The van der Waals surface area contributed by atoms with Crippen molar-refractivity contribution in [2.75, 3.05) is 13.6 Å². The fraction of sp³-hybridized carbons (Fsp3) is 0.182. The SMILES string of the molecule is CN1Cc2cc(-c3cccnn3)ccc2C(c2ccc3cccn3c2)C1. The highest BCUT2D eigenvalue weighted by atomic mass is 15.1. The fourth-order valence-electron chi connectivity index (χ4n) is 4.00. The van der Waals surface area contributed by atoms with E-state index in [4.69, 9.17) is 0 Å². The third-order valence-electron chi connectivity index (χ3n) is 5.27. The maximum Gasteiger partial charge on any atom is 0.0929 e. The molecule has 3 aromatic heterocycles. The van der Waals surface area contributed by atoms with Crippen molar-refractivity contribution in [1.29, 1.82) is 0 Å². The smallest absolute Gasteiger partial charge is 0.0929 e. The van der Waals surface area contributed by atoms with Gasteiger partial charge in [-0.2, -0.15) is 10.2 Å². The molecule has 4 aromatic rings. The Morgan fingerprint density at radius 3 is 2.88 bits per heavy atom. The summed E-state index contributed by atoms with van der Waals surface area (Å²) in [5.74, 6) is 0.381. The minimum absolute atomic E-state index is 0.381. The second kappa shape index (κ2) is 6.07. The fourth-order valence-corrected chi connectivity index (χ4v) is 4.00. The number of hydrogen-bond acceptors (Lipinski definition) is 3. The molecule has 0 amide bonds. The van der Waals surface area contributed by atoms with Crippen LogP contribution in [0.15, 0.2) is 73.2 Å². The van der Waals surface area contributed by atoms with E-state index >= 15 is 0 Å². The molecule has 0 aliphatic carbocycles. The molecule has 0 saturated heterocycles. The third-order valence-corrected chi connectivity index (χ3v) is 5.27. The van der Waals surface area contributed by atoms with Crippen molar-refractivity contribution < 1.29 is 0 Å². The normalized spacial score (nSPS) is 17.3. The minimum Gasteiger partial charge on any atom is -0.324 e. The molecule has 0 fully saturated rings. The van der Waals surface area contributed by atoms with E-state index in [9.17, 15) is 0 Å². The van der Waals surface area contributed by atoms with Crippen LogP contribution >= 0.6 is 0 Å². The number of fused-ring (bicyclic) bond motifs is 2. The zero-order valence-corrected chi connectivity index (χ0v) is 14.7. The van der Waals surface area contributed by atoms with Crippen LogP contribution in [0.1, 0.15) is 22.6 Å². The standard InChI is InChI=1S/C22H20N4/c1-25-13-18-12-16(22-5-2-10-23-24-22)7-9-20(18)21(15-25)17-6-8-19-4-3-11-26(19)14-17/h2-12,14,21H,13,15H2,1H3. The largest absolute Gasteiger partial charge is 0.324 e. The van der Waals surface area contributed by atoms with Crippen LogP contribution in [0.25, 0.3) is 16.8 Å². The van der Waals surface area contributed by atoms with E-state index in [0.717, 1.165) is 24.3 Å². The maximum atomic E-state index is 4.26. The first-order valence-electron chi connectivity index (χ1n) is 8.94. The number of nitrogens with zero attached hydrogens (tertiary/aromatic N) is 4. The van der Waals surface area contributed by atoms with Crippen LogP contribution in [-0.2, 0) is 6.54 Å². The molecule has 128 valence electrons. The van der Waals surface area contributed by atoms with Gasteiger partial charge in [-0.15, -0.1) is 0 Å². The molecule has 0 saturated carbocycles. The lowest BCUT2D eigenvalue weighted by Crippen LogP contribution is -2.31. The van der Waals surface area contributed by atoms with Crippen molar-refractivity contribution in [3.05, 3.63) is 89.9 Å². The van der Waals surface area contributed by atoms with E-state index in [1.165, 1.54) is 22.2 Å². The predicted molar refractivity (Wildman–Crippen MR) is 103 cm³/mol. The van der Waals surface area contributed by atoms with Crippen LogP contribution in [0, 0.1) is 0 Å². The summed E-state index contributed by atoms with van der Waals surface area (Å²) in [6.45, 7) is 2.00. The summed E-state index contributed by atoms with van der Waals surface area (Å²) in [6, 6.07) is 19.4. The molecule has 5 rings (SSSR count). The summed E-state index contributed by atoms with van der Waals surface area (Å²) in [4.78, 5) is 2.40. The molecule has 1 aromatic carbocycles. The van der Waals surface area contributed by atoms with Gasteiger partial charge in [0.2, 0.25) is 0 Å². The molecule has 0 N–H and O–H groups in total. The van der Waals surface area contributed by atoms with Gasteiger partial charge in [-0.05, 0) is 60.1 Å². The van der Waals surface area contributed by atoms with Crippen LogP contribution in [0.5, 0.6) is 0 Å². The lowest BCUT2D eigenvalue weighted by atomic mass is 9.84. The average Bonchev–Trinajstić information content (AvgIpc) is 3.15. The second-order valence-electron chi connectivity index (χ2n) is 7.07. The zero-order chi connectivity index (χ0) is 17.5. The van der Waals surface area contributed by atoms with E-state index in [-0.39, 0.29) is 0 Å². The molecule has 4 heterocycles. The molecule has 4 heteroatoms. The van der Waals surface area contributed by atoms with Crippen LogP contribution in [0.2, 0.25) is 0 Å². The number of likely N-dealkylation sites (N-methyl/N-ethyl adjacent to an activating group) is 1. The van der Waals surface area contributed by atoms with Crippen LogP contribution in [0.4, 0.5) is 0 Å². The van der Waals surface area contributed by atoms with Crippen LogP contribution in [-0.4, -0.2) is 33.1 Å². The summed E-state index contributed by atoms with van der Waals surface area (Å²) < 4.78 is 2.21. The Hall–Kier alpha value is -2.98. The van der Waals surface area contributed by atoms with E-state index in [1.807, 2.05) is 12.1 Å². The van der Waals surface area contributed by atoms with Crippen molar-refractivity contribution in [3.8, 4) is 11.3 Å². The third kappa shape index (κ3) is 2.59. The zero-order valence-electron chi connectivity index (χ0n) is 14.7. The van der Waals surface area contributed by atoms with Gasteiger partial charge in [0.15, 0.2) is 0 Å². The van der Waals surface area contributed by atoms with E-state index in [2.05, 4.69) is 81.4 Å². The average molecular weight is 340 g/mol. The summed E-state index contributed by atoms with van der Waals surface area (Å²) in [5, 5.41) is 8.27. The molecule has 1 aliphatic heterocycles. The number of rotatable bonds is 2. The summed E-state index contributed by atoms with van der Waals surface area (Å²) >= 11 is 0. The monoisotopic (exact) mass is 340 g/mol. The molecule has 1 unspecified atom stereocenters. The molecule has 0 bridgehead atoms. The van der Waals surface area contributed by atoms with E-state index in [0.29, 0.717) is 5.92 Å². The van der Waals surface area contributed by atoms with Gasteiger partial charge in [-0.25, -0.2) is 0 Å². The van der Waals surface area contributed by atoms with Gasteiger partial charge in [0.25, 0.3) is 0 Å². The van der Waals surface area contributed by atoms with Crippen molar-refractivity contribution in [2.24, 2.45) is 0 Å². The maximum absolute atomic E-state index is 4.26. The lowest BCUT2D eigenvalue weighted by molar-refractivity contribution is 0.295. The molecule has 1 atom stereocenters. The predicted octanol–water partition coefficient (Wildman–Crippen LogP) is 3.97. The van der Waals surface area contributed by atoms with Gasteiger partial charge < -0.3 is 9.30 Å². The first-order valence-corrected chi connectivity index (χ1v) is 8.94. The molecule has 0 radical (unpaired) electrons. The number of aromatic nitrogens is 3. The van der Waals surface area contributed by atoms with Gasteiger partial charge in [-0.1, -0.05) is 18.2 Å². The van der Waals surface area contributed by atoms with Gasteiger partial charge in [-0.3, -0.25) is 0 Å². The van der Waals surface area contributed by atoms with Gasteiger partial charge in [0.1, 0.15) is 0 Å². The quantitative estimate of drug-likeness (QED) is 0.553. The lowest BCUT2D eigenvalue weighted by Gasteiger charge is -2.33. The summed E-state index contributed by atoms with van der Waals surface area (Å²) in [7, 11) is 2.19. The minimum atomic E-state index is 0.381. The Morgan fingerprint density at radius 2 is 2.00 bits per heavy atom. The van der Waals surface area contributed by atoms with Gasteiger partial charge in [0.05, 0.1) is 5.69 Å². The number of benzene rings is 1. The first kappa shape index (κ1) is 15.3. The highest BCUT2D eigenvalue weighted by Crippen LogP contribution is 2.35. The highest BCUT2D eigenvalue weighted by molar-refractivity contribution is 5.61. The highest BCUT2D eigenvalue weighted by Gasteiger charge is 2.25. The van der Waals surface area contributed by atoms with E-state index in [1.54, 1.807) is 6.20 Å². The number of hydrogen-bond donors (Lipinski definition) is 0.